The molecule has 2 aromatic carbocycles. The van der Waals surface area contributed by atoms with E-state index in [2.05, 4.69) is 22.5 Å². The van der Waals surface area contributed by atoms with Crippen LogP contribution in [0.1, 0.15) is 16.7 Å². The highest BCUT2D eigenvalue weighted by molar-refractivity contribution is 5.96. The fraction of sp³-hybridized carbons (Fsp3) is 0.182. The molecule has 0 aliphatic rings. The minimum atomic E-state index is -0.311. The van der Waals surface area contributed by atoms with Crippen molar-refractivity contribution in [1.29, 1.82) is 0 Å². The van der Waals surface area contributed by atoms with Crippen molar-refractivity contribution < 1.29 is 14.0 Å². The van der Waals surface area contributed by atoms with Gasteiger partial charge in [-0.2, -0.15) is 0 Å². The summed E-state index contributed by atoms with van der Waals surface area (Å²) in [6.07, 6.45) is 3.47. The predicted octanol–water partition coefficient (Wildman–Crippen LogP) is 4.54. The lowest BCUT2D eigenvalue weighted by Gasteiger charge is -2.08. The minimum Gasteiger partial charge on any atom is -0.464 e. The smallest absolute Gasteiger partial charge is 0.319 e. The zero-order valence-electron chi connectivity index (χ0n) is 16.0. The lowest BCUT2D eigenvalue weighted by Crippen LogP contribution is -2.28. The molecule has 3 N–H and O–H groups in total. The average Bonchev–Trinajstić information content (AvgIpc) is 3.08. The largest absolute Gasteiger partial charge is 0.464 e. The second kappa shape index (κ2) is 8.43. The van der Waals surface area contributed by atoms with Crippen LogP contribution in [0, 0.1) is 13.8 Å². The van der Waals surface area contributed by atoms with Gasteiger partial charge in [-0.1, -0.05) is 18.2 Å². The first-order valence-corrected chi connectivity index (χ1v) is 9.00. The first-order chi connectivity index (χ1) is 13.5. The zero-order chi connectivity index (χ0) is 20.1. The van der Waals surface area contributed by atoms with E-state index in [9.17, 15) is 9.59 Å². The van der Waals surface area contributed by atoms with Gasteiger partial charge < -0.3 is 20.4 Å². The minimum absolute atomic E-state index is 0.134. The number of anilines is 2. The number of furan rings is 1. The van der Waals surface area contributed by atoms with E-state index in [1.54, 1.807) is 36.6 Å². The standard InChI is InChI=1S/C22H23N3O3/c1-4-11-23-22(27)25-18-8-6-17(7-9-18)24-20(26)12-16-13-28-21-15(3)14(2)5-10-19(16)21/h4-10,13H,1,11-12H2,2-3H3,(H,24,26)(H2,23,25,27). The molecule has 3 rings (SSSR count). The van der Waals surface area contributed by atoms with Crippen molar-refractivity contribution in [1.82, 2.24) is 5.32 Å². The third kappa shape index (κ3) is 4.40. The Bertz CT molecular complexity index is 1020. The van der Waals surface area contributed by atoms with Crippen molar-refractivity contribution in [3.63, 3.8) is 0 Å². The molecule has 0 aliphatic carbocycles. The molecule has 6 heteroatoms. The van der Waals surface area contributed by atoms with E-state index in [0.717, 1.165) is 27.7 Å². The van der Waals surface area contributed by atoms with Crippen molar-refractivity contribution in [2.45, 2.75) is 20.3 Å². The van der Waals surface area contributed by atoms with Gasteiger partial charge in [-0.15, -0.1) is 6.58 Å². The molecule has 0 aliphatic heterocycles. The maximum Gasteiger partial charge on any atom is 0.319 e. The molecular formula is C22H23N3O3. The first kappa shape index (κ1) is 19.2. The van der Waals surface area contributed by atoms with Gasteiger partial charge in [0.25, 0.3) is 0 Å². The summed E-state index contributed by atoms with van der Waals surface area (Å²) in [7, 11) is 0. The van der Waals surface area contributed by atoms with Gasteiger partial charge in [-0.25, -0.2) is 4.79 Å². The van der Waals surface area contributed by atoms with E-state index in [1.165, 1.54) is 0 Å². The molecule has 6 nitrogen and oxygen atoms in total. The Morgan fingerprint density at radius 3 is 2.39 bits per heavy atom. The molecule has 0 saturated carbocycles. The molecule has 0 spiro atoms. The number of amides is 3. The summed E-state index contributed by atoms with van der Waals surface area (Å²) in [5.74, 6) is -0.134. The van der Waals surface area contributed by atoms with Gasteiger partial charge in [-0.05, 0) is 49.2 Å². The highest BCUT2D eigenvalue weighted by atomic mass is 16.3. The maximum atomic E-state index is 12.4. The Labute approximate surface area is 163 Å². The summed E-state index contributed by atoms with van der Waals surface area (Å²) in [5, 5.41) is 9.15. The van der Waals surface area contributed by atoms with Gasteiger partial charge in [0, 0.05) is 28.9 Å². The van der Waals surface area contributed by atoms with E-state index in [1.807, 2.05) is 26.0 Å². The fourth-order valence-electron chi connectivity index (χ4n) is 2.88. The van der Waals surface area contributed by atoms with Crippen LogP contribution in [0.4, 0.5) is 16.2 Å². The number of fused-ring (bicyclic) bond motifs is 1. The highest BCUT2D eigenvalue weighted by Gasteiger charge is 2.13. The third-order valence-electron chi connectivity index (χ3n) is 4.53. The molecule has 3 amide bonds. The number of hydrogen-bond acceptors (Lipinski definition) is 3. The van der Waals surface area contributed by atoms with Gasteiger partial charge in [0.2, 0.25) is 5.91 Å². The van der Waals surface area contributed by atoms with Crippen molar-refractivity contribution >= 4 is 34.3 Å². The Balaban J connectivity index is 1.61. The van der Waals surface area contributed by atoms with Crippen LogP contribution in [-0.2, 0) is 11.2 Å². The van der Waals surface area contributed by atoms with Crippen molar-refractivity contribution in [2.75, 3.05) is 17.2 Å². The molecule has 144 valence electrons. The Hall–Kier alpha value is -3.54. The molecule has 3 aromatic rings. The monoisotopic (exact) mass is 377 g/mol. The van der Waals surface area contributed by atoms with Crippen molar-refractivity contribution in [3.8, 4) is 0 Å². The van der Waals surface area contributed by atoms with Crippen LogP contribution < -0.4 is 16.0 Å². The molecule has 0 fully saturated rings. The zero-order valence-corrected chi connectivity index (χ0v) is 16.0. The number of aryl methyl sites for hydroxylation is 2. The number of benzene rings is 2. The summed E-state index contributed by atoms with van der Waals surface area (Å²) >= 11 is 0. The van der Waals surface area contributed by atoms with E-state index in [-0.39, 0.29) is 18.4 Å². The number of nitrogens with one attached hydrogen (secondary N) is 3. The van der Waals surface area contributed by atoms with Gasteiger partial charge in [-0.3, -0.25) is 4.79 Å². The molecule has 0 atom stereocenters. The Kier molecular flexibility index (Phi) is 5.79. The first-order valence-electron chi connectivity index (χ1n) is 9.00. The van der Waals surface area contributed by atoms with E-state index in [4.69, 9.17) is 4.42 Å². The van der Waals surface area contributed by atoms with Gasteiger partial charge in [0.15, 0.2) is 0 Å². The lowest BCUT2D eigenvalue weighted by molar-refractivity contribution is -0.115. The number of hydrogen-bond donors (Lipinski definition) is 3. The molecule has 0 saturated heterocycles. The second-order valence-electron chi connectivity index (χ2n) is 6.57. The molecule has 0 radical (unpaired) electrons. The van der Waals surface area contributed by atoms with Crippen molar-refractivity contribution in [3.05, 3.63) is 72.0 Å². The highest BCUT2D eigenvalue weighted by Crippen LogP contribution is 2.27. The van der Waals surface area contributed by atoms with Crippen molar-refractivity contribution in [2.24, 2.45) is 0 Å². The summed E-state index contributed by atoms with van der Waals surface area (Å²) in [4.78, 5) is 24.0. The van der Waals surface area contributed by atoms with Gasteiger partial charge in [0.1, 0.15) is 5.58 Å². The quantitative estimate of drug-likeness (QED) is 0.552. The molecule has 0 bridgehead atoms. The Morgan fingerprint density at radius 2 is 1.71 bits per heavy atom. The Morgan fingerprint density at radius 1 is 1.04 bits per heavy atom. The topological polar surface area (TPSA) is 83.4 Å². The van der Waals surface area contributed by atoms with Crippen LogP contribution in [0.5, 0.6) is 0 Å². The maximum absolute atomic E-state index is 12.4. The van der Waals surface area contributed by atoms with Crippen LogP contribution in [0.2, 0.25) is 0 Å². The second-order valence-corrected chi connectivity index (χ2v) is 6.57. The van der Waals surface area contributed by atoms with E-state index < -0.39 is 0 Å². The molecule has 1 aromatic heterocycles. The number of carbonyl (C=O) groups is 2. The summed E-state index contributed by atoms with van der Waals surface area (Å²) in [6, 6.07) is 10.6. The average molecular weight is 377 g/mol. The van der Waals surface area contributed by atoms with Gasteiger partial charge in [0.05, 0.1) is 12.7 Å². The molecule has 1 heterocycles. The normalized spacial score (nSPS) is 10.5. The SMILES string of the molecule is C=CCNC(=O)Nc1ccc(NC(=O)Cc2coc3c(C)c(C)ccc23)cc1. The van der Waals surface area contributed by atoms with Crippen LogP contribution >= 0.6 is 0 Å². The van der Waals surface area contributed by atoms with E-state index in [0.29, 0.717) is 17.9 Å². The van der Waals surface area contributed by atoms with Crippen LogP contribution in [-0.4, -0.2) is 18.5 Å². The molecular weight excluding hydrogens is 354 g/mol. The van der Waals surface area contributed by atoms with E-state index >= 15 is 0 Å². The summed E-state index contributed by atoms with van der Waals surface area (Å²) in [5.41, 5.74) is 5.21. The molecule has 0 unspecified atom stereocenters. The summed E-state index contributed by atoms with van der Waals surface area (Å²) < 4.78 is 5.66. The van der Waals surface area contributed by atoms with Crippen LogP contribution in [0.25, 0.3) is 11.0 Å². The predicted molar refractivity (Wildman–Crippen MR) is 112 cm³/mol. The number of urea groups is 1. The molecule has 28 heavy (non-hydrogen) atoms. The lowest BCUT2D eigenvalue weighted by atomic mass is 10.0. The van der Waals surface area contributed by atoms with Crippen LogP contribution in [0.3, 0.4) is 0 Å². The third-order valence-corrected chi connectivity index (χ3v) is 4.53. The summed E-state index contributed by atoms with van der Waals surface area (Å²) in [6.45, 7) is 7.98. The fourth-order valence-corrected chi connectivity index (χ4v) is 2.88. The number of carbonyl (C=O) groups excluding carboxylic acids is 2. The van der Waals surface area contributed by atoms with Crippen LogP contribution in [0.15, 0.2) is 59.7 Å². The number of rotatable bonds is 6. The van der Waals surface area contributed by atoms with Gasteiger partial charge >= 0.3 is 6.03 Å².